The van der Waals surface area contributed by atoms with Gasteiger partial charge in [0.15, 0.2) is 0 Å². The van der Waals surface area contributed by atoms with Crippen LogP contribution in [0.1, 0.15) is 17.7 Å². The number of nitrogens with zero attached hydrogens (tertiary/aromatic N) is 1. The molecule has 0 saturated carbocycles. The van der Waals surface area contributed by atoms with E-state index in [1.165, 1.54) is 4.90 Å². The molecule has 0 atom stereocenters. The van der Waals surface area contributed by atoms with Crippen LogP contribution >= 0.6 is 11.8 Å². The summed E-state index contributed by atoms with van der Waals surface area (Å²) in [5.41, 5.74) is 1.86. The van der Waals surface area contributed by atoms with Gasteiger partial charge in [-0.25, -0.2) is 0 Å². The van der Waals surface area contributed by atoms with Crippen molar-refractivity contribution in [2.24, 2.45) is 0 Å². The zero-order valence-corrected chi connectivity index (χ0v) is 10.0. The van der Waals surface area contributed by atoms with E-state index < -0.39 is 0 Å². The lowest BCUT2D eigenvalue weighted by molar-refractivity contribution is 0.200. The molecule has 0 amide bonds. The molecule has 1 aromatic heterocycles. The Labute approximate surface area is 94.9 Å². The SMILES string of the molecule is COCCCSc1ccnc(CO)c1C. The minimum Gasteiger partial charge on any atom is -0.390 e. The van der Waals surface area contributed by atoms with Gasteiger partial charge in [-0.15, -0.1) is 11.8 Å². The van der Waals surface area contributed by atoms with Crippen LogP contribution in [0, 0.1) is 6.92 Å². The van der Waals surface area contributed by atoms with Crippen LogP contribution in [0.3, 0.4) is 0 Å². The molecule has 3 nitrogen and oxygen atoms in total. The largest absolute Gasteiger partial charge is 0.390 e. The topological polar surface area (TPSA) is 42.4 Å². The number of hydrogen-bond donors (Lipinski definition) is 1. The first-order chi connectivity index (χ1) is 7.29. The second-order valence-corrected chi connectivity index (χ2v) is 4.37. The van der Waals surface area contributed by atoms with Gasteiger partial charge in [-0.05, 0) is 25.0 Å². The maximum Gasteiger partial charge on any atom is 0.0856 e. The number of aliphatic hydroxyl groups is 1. The second-order valence-electron chi connectivity index (χ2n) is 3.23. The van der Waals surface area contributed by atoms with Crippen molar-refractivity contribution >= 4 is 11.8 Å². The minimum absolute atomic E-state index is 0.0122. The molecular weight excluding hydrogens is 210 g/mol. The number of rotatable bonds is 6. The predicted molar refractivity (Wildman–Crippen MR) is 62.1 cm³/mol. The smallest absolute Gasteiger partial charge is 0.0856 e. The van der Waals surface area contributed by atoms with Crippen molar-refractivity contribution in [1.82, 2.24) is 4.98 Å². The quantitative estimate of drug-likeness (QED) is 0.596. The predicted octanol–water partition coefficient (Wildman–Crippen LogP) is 2.01. The van der Waals surface area contributed by atoms with Gasteiger partial charge in [-0.1, -0.05) is 0 Å². The third-order valence-corrected chi connectivity index (χ3v) is 3.40. The number of thioether (sulfide) groups is 1. The zero-order chi connectivity index (χ0) is 11.1. The van der Waals surface area contributed by atoms with Crippen molar-refractivity contribution in [3.63, 3.8) is 0 Å². The first-order valence-corrected chi connectivity index (χ1v) is 5.95. The molecule has 0 radical (unpaired) electrons. The maximum absolute atomic E-state index is 9.06. The van der Waals surface area contributed by atoms with Crippen molar-refractivity contribution in [3.8, 4) is 0 Å². The van der Waals surface area contributed by atoms with Crippen LogP contribution < -0.4 is 0 Å². The molecule has 1 rings (SSSR count). The van der Waals surface area contributed by atoms with E-state index in [2.05, 4.69) is 4.98 Å². The van der Waals surface area contributed by atoms with E-state index in [4.69, 9.17) is 9.84 Å². The third kappa shape index (κ3) is 3.81. The summed E-state index contributed by atoms with van der Waals surface area (Å²) in [7, 11) is 1.71. The lowest BCUT2D eigenvalue weighted by Crippen LogP contribution is -1.96. The highest BCUT2D eigenvalue weighted by molar-refractivity contribution is 7.99. The van der Waals surface area contributed by atoms with Crippen molar-refractivity contribution in [2.45, 2.75) is 24.8 Å². The Hall–Kier alpha value is -0.580. The van der Waals surface area contributed by atoms with E-state index in [-0.39, 0.29) is 6.61 Å². The Morgan fingerprint density at radius 2 is 2.33 bits per heavy atom. The first-order valence-electron chi connectivity index (χ1n) is 4.96. The van der Waals surface area contributed by atoms with Gasteiger partial charge in [0, 0.05) is 30.6 Å². The lowest BCUT2D eigenvalue weighted by Gasteiger charge is -2.07. The van der Waals surface area contributed by atoms with Gasteiger partial charge in [0.1, 0.15) is 0 Å². The van der Waals surface area contributed by atoms with Crippen LogP contribution in [-0.2, 0) is 11.3 Å². The molecule has 4 heteroatoms. The van der Waals surface area contributed by atoms with E-state index in [1.54, 1.807) is 25.1 Å². The summed E-state index contributed by atoms with van der Waals surface area (Å²) in [5, 5.41) is 9.06. The van der Waals surface area contributed by atoms with Crippen LogP contribution in [0.25, 0.3) is 0 Å². The molecule has 0 aliphatic carbocycles. The zero-order valence-electron chi connectivity index (χ0n) is 9.19. The third-order valence-electron chi connectivity index (χ3n) is 2.16. The normalized spacial score (nSPS) is 10.6. The summed E-state index contributed by atoms with van der Waals surface area (Å²) >= 11 is 1.79. The van der Waals surface area contributed by atoms with E-state index in [9.17, 15) is 0 Å². The lowest BCUT2D eigenvalue weighted by atomic mass is 10.2. The van der Waals surface area contributed by atoms with Gasteiger partial charge < -0.3 is 9.84 Å². The fourth-order valence-electron chi connectivity index (χ4n) is 1.26. The summed E-state index contributed by atoms with van der Waals surface area (Å²) in [4.78, 5) is 5.31. The van der Waals surface area contributed by atoms with E-state index >= 15 is 0 Å². The Morgan fingerprint density at radius 1 is 1.53 bits per heavy atom. The summed E-state index contributed by atoms with van der Waals surface area (Å²) in [6, 6.07) is 1.99. The number of aromatic nitrogens is 1. The molecule has 84 valence electrons. The summed E-state index contributed by atoms with van der Waals surface area (Å²) in [6.07, 6.45) is 2.79. The Bertz CT molecular complexity index is 305. The molecule has 0 aliphatic rings. The molecule has 0 bridgehead atoms. The van der Waals surface area contributed by atoms with Gasteiger partial charge in [-0.3, -0.25) is 4.98 Å². The molecule has 15 heavy (non-hydrogen) atoms. The Morgan fingerprint density at radius 3 is 3.00 bits per heavy atom. The van der Waals surface area contributed by atoms with Crippen LogP contribution in [-0.4, -0.2) is 29.6 Å². The number of pyridine rings is 1. The first kappa shape index (κ1) is 12.5. The molecule has 1 N–H and O–H groups in total. The molecule has 0 spiro atoms. The number of hydrogen-bond acceptors (Lipinski definition) is 4. The van der Waals surface area contributed by atoms with Gasteiger partial charge in [0.25, 0.3) is 0 Å². The van der Waals surface area contributed by atoms with Crippen molar-refractivity contribution in [1.29, 1.82) is 0 Å². The highest BCUT2D eigenvalue weighted by atomic mass is 32.2. The summed E-state index contributed by atoms with van der Waals surface area (Å²) in [6.45, 7) is 2.81. The average molecular weight is 227 g/mol. The van der Waals surface area contributed by atoms with Gasteiger partial charge >= 0.3 is 0 Å². The monoisotopic (exact) mass is 227 g/mol. The van der Waals surface area contributed by atoms with E-state index in [0.29, 0.717) is 0 Å². The highest BCUT2D eigenvalue weighted by Crippen LogP contribution is 2.24. The molecule has 0 unspecified atom stereocenters. The number of aliphatic hydroxyl groups excluding tert-OH is 1. The molecule has 1 aromatic rings. The van der Waals surface area contributed by atoms with Gasteiger partial charge in [0.05, 0.1) is 12.3 Å². The van der Waals surface area contributed by atoms with Crippen molar-refractivity contribution in [3.05, 3.63) is 23.5 Å². The fourth-order valence-corrected chi connectivity index (χ4v) is 2.23. The van der Waals surface area contributed by atoms with Crippen LogP contribution in [0.4, 0.5) is 0 Å². The number of methoxy groups -OCH3 is 1. The highest BCUT2D eigenvalue weighted by Gasteiger charge is 2.04. The minimum atomic E-state index is 0.0122. The number of ether oxygens (including phenoxy) is 1. The Balaban J connectivity index is 2.53. The van der Waals surface area contributed by atoms with Gasteiger partial charge in [0.2, 0.25) is 0 Å². The van der Waals surface area contributed by atoms with Crippen molar-refractivity contribution < 1.29 is 9.84 Å². The van der Waals surface area contributed by atoms with Crippen LogP contribution in [0.2, 0.25) is 0 Å². The average Bonchev–Trinajstić information content (AvgIpc) is 2.26. The Kier molecular flexibility index (Phi) is 5.68. The molecule has 0 aliphatic heterocycles. The molecule has 0 saturated heterocycles. The fraction of sp³-hybridized carbons (Fsp3) is 0.545. The van der Waals surface area contributed by atoms with E-state index in [1.807, 2.05) is 13.0 Å². The van der Waals surface area contributed by atoms with Gasteiger partial charge in [-0.2, -0.15) is 0 Å². The standard InChI is InChI=1S/C11H17NO2S/c1-9-10(8-13)12-5-4-11(9)15-7-3-6-14-2/h4-5,13H,3,6-8H2,1-2H3. The summed E-state index contributed by atoms with van der Waals surface area (Å²) < 4.78 is 4.99. The van der Waals surface area contributed by atoms with Crippen LogP contribution in [0.5, 0.6) is 0 Å². The molecule has 1 heterocycles. The summed E-state index contributed by atoms with van der Waals surface area (Å²) in [5.74, 6) is 1.03. The van der Waals surface area contributed by atoms with E-state index in [0.717, 1.165) is 30.0 Å². The second kappa shape index (κ2) is 6.82. The molecular formula is C11H17NO2S. The maximum atomic E-state index is 9.06. The molecule has 0 aromatic carbocycles. The van der Waals surface area contributed by atoms with Crippen LogP contribution in [0.15, 0.2) is 17.2 Å². The molecule has 0 fully saturated rings. The van der Waals surface area contributed by atoms with Crippen molar-refractivity contribution in [2.75, 3.05) is 19.5 Å².